The summed E-state index contributed by atoms with van der Waals surface area (Å²) in [6, 6.07) is 7.10. The summed E-state index contributed by atoms with van der Waals surface area (Å²) in [5.74, 6) is 6.14. The number of aromatic nitrogens is 2. The van der Waals surface area contributed by atoms with E-state index in [1.807, 2.05) is 6.07 Å². The van der Waals surface area contributed by atoms with Gasteiger partial charge < -0.3 is 10.9 Å². The van der Waals surface area contributed by atoms with Crippen LogP contribution in [0.5, 0.6) is 0 Å². The molecule has 1 aromatic heterocycles. The van der Waals surface area contributed by atoms with Gasteiger partial charge in [-0.15, -0.1) is 0 Å². The number of benzene rings is 1. The second kappa shape index (κ2) is 14.2. The Morgan fingerprint density at radius 1 is 0.867 bits per heavy atom. The molecule has 5 nitrogen and oxygen atoms in total. The van der Waals surface area contributed by atoms with Gasteiger partial charge in [0, 0.05) is 0 Å². The van der Waals surface area contributed by atoms with Gasteiger partial charge in [-0.2, -0.15) is 0 Å². The molecule has 0 aliphatic carbocycles. The fourth-order valence-electron chi connectivity index (χ4n) is 4.06. The van der Waals surface area contributed by atoms with Crippen LogP contribution in [0.15, 0.2) is 29.1 Å². The van der Waals surface area contributed by atoms with Gasteiger partial charge in [0.05, 0.1) is 10.9 Å². The number of hydrogen-bond donors (Lipinski definition) is 2. The average Bonchev–Trinajstić information content (AvgIpc) is 2.76. The first-order chi connectivity index (χ1) is 14.6. The largest absolute Gasteiger partial charge is 0.385 e. The van der Waals surface area contributed by atoms with Gasteiger partial charge in [0.2, 0.25) is 0 Å². The summed E-state index contributed by atoms with van der Waals surface area (Å²) in [4.78, 5) is 16.7. The number of para-hydroxylation sites is 1. The molecule has 0 fully saturated rings. The summed E-state index contributed by atoms with van der Waals surface area (Å²) in [5.41, 5.74) is 0.273. The fraction of sp³-hybridized carbons (Fsp3) is 0.680. The molecule has 0 amide bonds. The zero-order chi connectivity index (χ0) is 21.6. The number of nitrogens with two attached hydrogens (primary N) is 1. The Bertz CT molecular complexity index is 788. The van der Waals surface area contributed by atoms with Gasteiger partial charge in [0.1, 0.15) is 6.10 Å². The van der Waals surface area contributed by atoms with Crippen LogP contribution in [-0.4, -0.2) is 14.8 Å². The Morgan fingerprint density at radius 3 is 1.93 bits per heavy atom. The lowest BCUT2D eigenvalue weighted by Gasteiger charge is -2.14. The fourth-order valence-corrected chi connectivity index (χ4v) is 4.06. The molecule has 0 saturated carbocycles. The van der Waals surface area contributed by atoms with Crippen molar-refractivity contribution in [3.63, 3.8) is 0 Å². The molecule has 2 rings (SSSR count). The van der Waals surface area contributed by atoms with E-state index < -0.39 is 6.10 Å². The number of aliphatic hydroxyl groups excluding tert-OH is 1. The van der Waals surface area contributed by atoms with Gasteiger partial charge in [0.15, 0.2) is 5.82 Å². The Morgan fingerprint density at radius 2 is 1.37 bits per heavy atom. The Balaban J connectivity index is 1.55. The highest BCUT2D eigenvalue weighted by Gasteiger charge is 2.16. The van der Waals surface area contributed by atoms with E-state index in [4.69, 9.17) is 5.84 Å². The quantitative estimate of drug-likeness (QED) is 0.260. The summed E-state index contributed by atoms with van der Waals surface area (Å²) in [7, 11) is 0. The van der Waals surface area contributed by atoms with Crippen molar-refractivity contribution < 1.29 is 5.11 Å². The minimum Gasteiger partial charge on any atom is -0.385 e. The van der Waals surface area contributed by atoms with Gasteiger partial charge in [0.25, 0.3) is 5.56 Å². The van der Waals surface area contributed by atoms with Crippen molar-refractivity contribution >= 4 is 10.9 Å². The number of unbranched alkanes of at least 4 members (excludes halogenated alkanes) is 13. The van der Waals surface area contributed by atoms with E-state index in [0.717, 1.165) is 17.5 Å². The summed E-state index contributed by atoms with van der Waals surface area (Å²) in [5, 5.41) is 11.0. The normalized spacial score (nSPS) is 12.5. The highest BCUT2D eigenvalue weighted by Crippen LogP contribution is 2.19. The summed E-state index contributed by atoms with van der Waals surface area (Å²) in [6.45, 7) is 2.27. The van der Waals surface area contributed by atoms with Crippen molar-refractivity contribution in [3.8, 4) is 0 Å². The second-order valence-electron chi connectivity index (χ2n) is 8.56. The van der Waals surface area contributed by atoms with Gasteiger partial charge in [-0.25, -0.2) is 9.66 Å². The standard InChI is InChI=1S/C25H41N3O2/c1-2-3-4-5-6-7-8-9-10-11-12-13-14-15-20-23(29)24-27-22-19-17-16-18-21(22)25(30)28(24)26/h16-19,23,29H,2-15,20,26H2,1H3. The van der Waals surface area contributed by atoms with E-state index in [0.29, 0.717) is 17.3 Å². The van der Waals surface area contributed by atoms with Gasteiger partial charge in [-0.1, -0.05) is 109 Å². The SMILES string of the molecule is CCCCCCCCCCCCCCCCC(O)c1nc2ccccc2c(=O)n1N. The molecule has 30 heavy (non-hydrogen) atoms. The van der Waals surface area contributed by atoms with E-state index in [2.05, 4.69) is 11.9 Å². The third-order valence-electron chi connectivity index (χ3n) is 5.96. The van der Waals surface area contributed by atoms with Crippen molar-refractivity contribution in [2.45, 2.75) is 109 Å². The van der Waals surface area contributed by atoms with E-state index >= 15 is 0 Å². The first-order valence-corrected chi connectivity index (χ1v) is 12.1. The Kier molecular flexibility index (Phi) is 11.5. The molecular formula is C25H41N3O2. The predicted octanol–water partition coefficient (Wildman–Crippen LogP) is 6.02. The van der Waals surface area contributed by atoms with Crippen molar-refractivity contribution in [2.24, 2.45) is 0 Å². The molecule has 0 saturated heterocycles. The van der Waals surface area contributed by atoms with Gasteiger partial charge in [-0.05, 0) is 18.6 Å². The van der Waals surface area contributed by atoms with Crippen LogP contribution in [0, 0.1) is 0 Å². The average molecular weight is 416 g/mol. The van der Waals surface area contributed by atoms with Crippen LogP contribution in [0.4, 0.5) is 0 Å². The van der Waals surface area contributed by atoms with Gasteiger partial charge >= 0.3 is 0 Å². The molecule has 0 aliphatic rings. The van der Waals surface area contributed by atoms with Crippen LogP contribution in [0.2, 0.25) is 0 Å². The molecule has 0 radical (unpaired) electrons. The molecular weight excluding hydrogens is 374 g/mol. The van der Waals surface area contributed by atoms with Gasteiger partial charge in [-0.3, -0.25) is 4.79 Å². The molecule has 1 unspecified atom stereocenters. The summed E-state index contributed by atoms with van der Waals surface area (Å²) >= 11 is 0. The maximum atomic E-state index is 12.3. The van der Waals surface area contributed by atoms with Crippen molar-refractivity contribution in [2.75, 3.05) is 5.84 Å². The van der Waals surface area contributed by atoms with Crippen molar-refractivity contribution in [1.29, 1.82) is 0 Å². The second-order valence-corrected chi connectivity index (χ2v) is 8.56. The van der Waals surface area contributed by atoms with E-state index in [1.54, 1.807) is 18.2 Å². The number of aliphatic hydroxyl groups is 1. The lowest BCUT2D eigenvalue weighted by molar-refractivity contribution is 0.150. The maximum Gasteiger partial charge on any atom is 0.279 e. The third kappa shape index (κ3) is 8.10. The van der Waals surface area contributed by atoms with Crippen LogP contribution in [0.1, 0.15) is 115 Å². The number of hydrogen-bond acceptors (Lipinski definition) is 4. The molecule has 3 N–H and O–H groups in total. The number of nitrogens with zero attached hydrogens (tertiary/aromatic N) is 2. The first-order valence-electron chi connectivity index (χ1n) is 12.1. The van der Waals surface area contributed by atoms with E-state index in [-0.39, 0.29) is 11.4 Å². The van der Waals surface area contributed by atoms with Crippen LogP contribution in [0.25, 0.3) is 10.9 Å². The molecule has 1 heterocycles. The zero-order valence-electron chi connectivity index (χ0n) is 18.8. The summed E-state index contributed by atoms with van der Waals surface area (Å²) < 4.78 is 0.997. The minimum absolute atomic E-state index is 0.258. The smallest absolute Gasteiger partial charge is 0.279 e. The lowest BCUT2D eigenvalue weighted by Crippen LogP contribution is -2.33. The molecule has 5 heteroatoms. The van der Waals surface area contributed by atoms with Crippen molar-refractivity contribution in [1.82, 2.24) is 9.66 Å². The van der Waals surface area contributed by atoms with Crippen LogP contribution >= 0.6 is 0 Å². The molecule has 1 atom stereocenters. The van der Waals surface area contributed by atoms with Crippen LogP contribution < -0.4 is 11.4 Å². The number of fused-ring (bicyclic) bond motifs is 1. The molecule has 0 aliphatic heterocycles. The predicted molar refractivity (Wildman–Crippen MR) is 126 cm³/mol. The molecule has 0 spiro atoms. The van der Waals surface area contributed by atoms with E-state index in [1.165, 1.54) is 77.0 Å². The molecule has 0 bridgehead atoms. The number of nitrogen functional groups attached to an aromatic ring is 1. The maximum absolute atomic E-state index is 12.3. The highest BCUT2D eigenvalue weighted by molar-refractivity contribution is 5.77. The van der Waals surface area contributed by atoms with Crippen LogP contribution in [0.3, 0.4) is 0 Å². The molecule has 168 valence electrons. The van der Waals surface area contributed by atoms with E-state index in [9.17, 15) is 9.90 Å². The number of rotatable bonds is 16. The Hall–Kier alpha value is -1.88. The monoisotopic (exact) mass is 415 g/mol. The zero-order valence-corrected chi connectivity index (χ0v) is 18.8. The molecule has 2 aromatic rings. The highest BCUT2D eigenvalue weighted by atomic mass is 16.3. The minimum atomic E-state index is -0.801. The first kappa shape index (κ1) is 24.4. The third-order valence-corrected chi connectivity index (χ3v) is 5.96. The topological polar surface area (TPSA) is 81.1 Å². The Labute approximate surface area is 181 Å². The van der Waals surface area contributed by atoms with Crippen LogP contribution in [-0.2, 0) is 0 Å². The van der Waals surface area contributed by atoms with Crippen molar-refractivity contribution in [3.05, 3.63) is 40.4 Å². The lowest BCUT2D eigenvalue weighted by atomic mass is 10.0. The summed E-state index contributed by atoms with van der Waals surface area (Å²) in [6.07, 6.45) is 18.0. The molecule has 1 aromatic carbocycles.